The minimum absolute atomic E-state index is 0.0261. The third kappa shape index (κ3) is 3.09. The molecule has 1 spiro atoms. The first-order chi connectivity index (χ1) is 12.0. The summed E-state index contributed by atoms with van der Waals surface area (Å²) < 4.78 is 0. The number of imide groups is 1. The molecule has 136 valence electrons. The third-order valence-corrected chi connectivity index (χ3v) is 5.93. The highest BCUT2D eigenvalue weighted by Gasteiger charge is 2.46. The summed E-state index contributed by atoms with van der Waals surface area (Å²) in [6.07, 6.45) is 5.50. The average Bonchev–Trinajstić information content (AvgIpc) is 3.40. The van der Waals surface area contributed by atoms with Crippen LogP contribution in [0, 0.1) is 5.41 Å². The number of likely N-dealkylation sites (tertiary alicyclic amines) is 2. The number of urea groups is 1. The molecule has 1 aliphatic carbocycles. The van der Waals surface area contributed by atoms with Gasteiger partial charge in [-0.3, -0.25) is 19.3 Å². The molecule has 3 aliphatic heterocycles. The van der Waals surface area contributed by atoms with Crippen LogP contribution in [-0.2, 0) is 14.4 Å². The largest absolute Gasteiger partial charge is 0.341 e. The highest BCUT2D eigenvalue weighted by molar-refractivity contribution is 6.04. The van der Waals surface area contributed by atoms with Crippen LogP contribution in [0.25, 0.3) is 0 Å². The quantitative estimate of drug-likeness (QED) is 0.723. The lowest BCUT2D eigenvalue weighted by Crippen LogP contribution is -2.56. The van der Waals surface area contributed by atoms with E-state index in [1.807, 2.05) is 4.90 Å². The van der Waals surface area contributed by atoms with Crippen LogP contribution in [0.3, 0.4) is 0 Å². The molecule has 0 radical (unpaired) electrons. The van der Waals surface area contributed by atoms with Crippen molar-refractivity contribution in [3.8, 4) is 0 Å². The molecular formula is C17H24N4O4. The lowest BCUT2D eigenvalue weighted by atomic mass is 9.73. The van der Waals surface area contributed by atoms with Crippen molar-refractivity contribution in [2.75, 3.05) is 32.7 Å². The number of nitrogens with zero attached hydrogens (tertiary/aromatic N) is 3. The molecule has 1 saturated carbocycles. The second-order valence-electron chi connectivity index (χ2n) is 7.81. The van der Waals surface area contributed by atoms with Gasteiger partial charge in [0.05, 0.1) is 6.54 Å². The molecule has 25 heavy (non-hydrogen) atoms. The van der Waals surface area contributed by atoms with Crippen LogP contribution in [0.5, 0.6) is 0 Å². The number of nitrogens with one attached hydrogen (secondary N) is 1. The van der Waals surface area contributed by atoms with Crippen LogP contribution in [-0.4, -0.2) is 77.2 Å². The zero-order valence-corrected chi connectivity index (χ0v) is 14.3. The van der Waals surface area contributed by atoms with E-state index in [9.17, 15) is 19.2 Å². The first-order valence-corrected chi connectivity index (χ1v) is 9.13. The smallest absolute Gasteiger partial charge is 0.325 e. The van der Waals surface area contributed by atoms with Gasteiger partial charge in [-0.25, -0.2) is 4.79 Å². The number of piperidine rings is 2. The summed E-state index contributed by atoms with van der Waals surface area (Å²) in [5, 5.41) is 2.44. The van der Waals surface area contributed by atoms with E-state index in [2.05, 4.69) is 5.32 Å². The summed E-state index contributed by atoms with van der Waals surface area (Å²) in [7, 11) is 0. The number of hydrogen-bond donors (Lipinski definition) is 1. The Bertz CT molecular complexity index is 616. The monoisotopic (exact) mass is 348 g/mol. The lowest BCUT2D eigenvalue weighted by molar-refractivity contribution is -0.145. The molecule has 4 rings (SSSR count). The van der Waals surface area contributed by atoms with Crippen molar-refractivity contribution >= 4 is 23.8 Å². The van der Waals surface area contributed by atoms with E-state index in [-0.39, 0.29) is 36.2 Å². The topological polar surface area (TPSA) is 90.0 Å². The van der Waals surface area contributed by atoms with Gasteiger partial charge in [0.2, 0.25) is 11.8 Å². The Balaban J connectivity index is 1.42. The number of carbonyl (C=O) groups excluding carboxylic acids is 4. The van der Waals surface area contributed by atoms with Gasteiger partial charge in [-0.15, -0.1) is 0 Å². The third-order valence-electron chi connectivity index (χ3n) is 5.93. The standard InChI is InChI=1S/C17H24N4O4/c22-13-4-6-17(11-21(13)12-2-3-12)5-1-7-19(10-17)15(24)9-20-14(23)8-18-16(20)25/h12H,1-11H2,(H,18,25)/t17-/m0/s1. The summed E-state index contributed by atoms with van der Waals surface area (Å²) in [5.74, 6) is -0.288. The molecule has 1 N–H and O–H groups in total. The van der Waals surface area contributed by atoms with E-state index >= 15 is 0 Å². The van der Waals surface area contributed by atoms with Crippen LogP contribution >= 0.6 is 0 Å². The minimum atomic E-state index is -0.492. The van der Waals surface area contributed by atoms with Gasteiger partial charge in [-0.2, -0.15) is 0 Å². The molecule has 8 heteroatoms. The van der Waals surface area contributed by atoms with E-state index in [4.69, 9.17) is 0 Å². The van der Waals surface area contributed by atoms with E-state index in [1.54, 1.807) is 4.90 Å². The maximum absolute atomic E-state index is 12.6. The van der Waals surface area contributed by atoms with Crippen molar-refractivity contribution in [3.05, 3.63) is 0 Å². The highest BCUT2D eigenvalue weighted by atomic mass is 16.2. The zero-order chi connectivity index (χ0) is 17.6. The lowest BCUT2D eigenvalue weighted by Gasteiger charge is -2.48. The summed E-state index contributed by atoms with van der Waals surface area (Å²) >= 11 is 0. The molecule has 0 bridgehead atoms. The number of hydrogen-bond acceptors (Lipinski definition) is 4. The number of carbonyl (C=O) groups is 4. The Morgan fingerprint density at radius 3 is 2.60 bits per heavy atom. The fraction of sp³-hybridized carbons (Fsp3) is 0.765. The maximum Gasteiger partial charge on any atom is 0.325 e. The van der Waals surface area contributed by atoms with Gasteiger partial charge < -0.3 is 15.1 Å². The summed E-state index contributed by atoms with van der Waals surface area (Å²) in [5.41, 5.74) is -0.0261. The maximum atomic E-state index is 12.6. The predicted octanol–water partition coefficient (Wildman–Crippen LogP) is -0.0682. The second-order valence-corrected chi connectivity index (χ2v) is 7.81. The Morgan fingerprint density at radius 1 is 1.12 bits per heavy atom. The van der Waals surface area contributed by atoms with E-state index < -0.39 is 6.03 Å². The first kappa shape index (κ1) is 16.4. The molecule has 0 unspecified atom stereocenters. The van der Waals surface area contributed by atoms with Gasteiger partial charge in [0.25, 0.3) is 5.91 Å². The fourth-order valence-electron chi connectivity index (χ4n) is 4.37. The summed E-state index contributed by atoms with van der Waals surface area (Å²) in [6, 6.07) is -0.0880. The van der Waals surface area contributed by atoms with Crippen molar-refractivity contribution in [1.82, 2.24) is 20.0 Å². The highest BCUT2D eigenvalue weighted by Crippen LogP contribution is 2.42. The molecule has 1 atom stereocenters. The normalized spacial score (nSPS) is 30.2. The summed E-state index contributed by atoms with van der Waals surface area (Å²) in [4.78, 5) is 52.9. The van der Waals surface area contributed by atoms with Crippen LogP contribution in [0.4, 0.5) is 4.79 Å². The molecular weight excluding hydrogens is 324 g/mol. The molecule has 0 aromatic heterocycles. The van der Waals surface area contributed by atoms with Gasteiger partial charge in [-0.1, -0.05) is 0 Å². The number of rotatable bonds is 3. The Hall–Kier alpha value is -2.12. The second kappa shape index (κ2) is 6.00. The fourth-order valence-corrected chi connectivity index (χ4v) is 4.37. The van der Waals surface area contributed by atoms with Gasteiger partial charge in [0.1, 0.15) is 6.54 Å². The van der Waals surface area contributed by atoms with E-state index in [0.29, 0.717) is 25.6 Å². The molecule has 5 amide bonds. The van der Waals surface area contributed by atoms with Gasteiger partial charge >= 0.3 is 6.03 Å². The van der Waals surface area contributed by atoms with Crippen LogP contribution < -0.4 is 5.32 Å². The van der Waals surface area contributed by atoms with Gasteiger partial charge in [-0.05, 0) is 32.1 Å². The Morgan fingerprint density at radius 2 is 1.92 bits per heavy atom. The molecule has 4 fully saturated rings. The number of amides is 5. The van der Waals surface area contributed by atoms with Crippen LogP contribution in [0.1, 0.15) is 38.5 Å². The Labute approximate surface area is 146 Å². The molecule has 3 saturated heterocycles. The van der Waals surface area contributed by atoms with Gasteiger partial charge in [0, 0.05) is 37.5 Å². The van der Waals surface area contributed by atoms with Crippen molar-refractivity contribution in [1.29, 1.82) is 0 Å². The van der Waals surface area contributed by atoms with Crippen molar-refractivity contribution in [2.24, 2.45) is 5.41 Å². The van der Waals surface area contributed by atoms with Crippen molar-refractivity contribution in [2.45, 2.75) is 44.6 Å². The van der Waals surface area contributed by atoms with Crippen LogP contribution in [0.15, 0.2) is 0 Å². The predicted molar refractivity (Wildman–Crippen MR) is 87.3 cm³/mol. The molecule has 3 heterocycles. The van der Waals surface area contributed by atoms with E-state index in [1.165, 1.54) is 0 Å². The molecule has 8 nitrogen and oxygen atoms in total. The summed E-state index contributed by atoms with van der Waals surface area (Å²) in [6.45, 7) is 1.79. The van der Waals surface area contributed by atoms with Crippen molar-refractivity contribution < 1.29 is 19.2 Å². The minimum Gasteiger partial charge on any atom is -0.341 e. The average molecular weight is 348 g/mol. The zero-order valence-electron chi connectivity index (χ0n) is 14.3. The van der Waals surface area contributed by atoms with E-state index in [0.717, 1.165) is 43.5 Å². The Kier molecular flexibility index (Phi) is 3.92. The van der Waals surface area contributed by atoms with Crippen molar-refractivity contribution in [3.63, 3.8) is 0 Å². The molecule has 4 aliphatic rings. The SMILES string of the molecule is O=C(CN1C(=O)CNC1=O)N1CCC[C@]2(CCC(=O)N(C3CC3)C2)C1. The van der Waals surface area contributed by atoms with Crippen LogP contribution in [0.2, 0.25) is 0 Å². The molecule has 0 aromatic rings. The first-order valence-electron chi connectivity index (χ1n) is 9.13. The van der Waals surface area contributed by atoms with Gasteiger partial charge in [0.15, 0.2) is 0 Å². The molecule has 0 aromatic carbocycles.